The predicted octanol–water partition coefficient (Wildman–Crippen LogP) is 3.26. The Morgan fingerprint density at radius 3 is 2.62 bits per heavy atom. The van der Waals surface area contributed by atoms with Gasteiger partial charge in [0, 0.05) is 18.7 Å². The van der Waals surface area contributed by atoms with Gasteiger partial charge in [0.25, 0.3) is 0 Å². The van der Waals surface area contributed by atoms with E-state index in [2.05, 4.69) is 10.3 Å². The molecule has 2 heterocycles. The fourth-order valence-electron chi connectivity index (χ4n) is 3.15. The number of halogens is 3. The first-order chi connectivity index (χ1) is 10.1. The van der Waals surface area contributed by atoms with Crippen molar-refractivity contribution in [2.75, 3.05) is 13.1 Å². The van der Waals surface area contributed by atoms with Crippen LogP contribution < -0.4 is 10.1 Å². The van der Waals surface area contributed by atoms with Gasteiger partial charge in [0.1, 0.15) is 6.10 Å². The number of pyridine rings is 1. The lowest BCUT2D eigenvalue weighted by Crippen LogP contribution is -2.39. The maximum absolute atomic E-state index is 13.0. The summed E-state index contributed by atoms with van der Waals surface area (Å²) in [5.41, 5.74) is -0.916. The molecule has 21 heavy (non-hydrogen) atoms. The molecule has 2 aliphatic rings. The van der Waals surface area contributed by atoms with E-state index in [0.29, 0.717) is 5.92 Å². The number of alkyl halides is 3. The van der Waals surface area contributed by atoms with Crippen molar-refractivity contribution in [3.8, 4) is 5.75 Å². The molecule has 0 spiro atoms. The number of ether oxygens (including phenoxy) is 1. The van der Waals surface area contributed by atoms with Crippen LogP contribution in [0.5, 0.6) is 5.75 Å². The Bertz CT molecular complexity index is 482. The zero-order valence-electron chi connectivity index (χ0n) is 11.7. The van der Waals surface area contributed by atoms with Crippen LogP contribution >= 0.6 is 0 Å². The van der Waals surface area contributed by atoms with E-state index in [4.69, 9.17) is 4.74 Å². The Hall–Kier alpha value is -1.30. The molecular formula is C15H19F3N2O. The number of nitrogens with one attached hydrogen (secondary N) is 1. The smallest absolute Gasteiger partial charge is 0.437 e. The van der Waals surface area contributed by atoms with Crippen molar-refractivity contribution in [1.82, 2.24) is 10.3 Å². The molecule has 1 saturated heterocycles. The Morgan fingerprint density at radius 2 is 2.05 bits per heavy atom. The van der Waals surface area contributed by atoms with Crippen LogP contribution in [0.1, 0.15) is 31.4 Å². The van der Waals surface area contributed by atoms with Crippen molar-refractivity contribution in [2.24, 2.45) is 11.8 Å². The summed E-state index contributed by atoms with van der Waals surface area (Å²) in [7, 11) is 0. The van der Waals surface area contributed by atoms with Gasteiger partial charge in [0.2, 0.25) is 0 Å². The van der Waals surface area contributed by atoms with E-state index in [9.17, 15) is 13.2 Å². The summed E-state index contributed by atoms with van der Waals surface area (Å²) in [4.78, 5) is 3.47. The molecule has 1 aliphatic carbocycles. The second kappa shape index (κ2) is 5.83. The highest BCUT2D eigenvalue weighted by atomic mass is 19.4. The van der Waals surface area contributed by atoms with Gasteiger partial charge in [-0.05, 0) is 43.9 Å². The third-order valence-corrected chi connectivity index (χ3v) is 4.48. The largest absolute Gasteiger partial charge is 0.488 e. The fraction of sp³-hybridized carbons (Fsp3) is 0.667. The average Bonchev–Trinajstić information content (AvgIpc) is 2.89. The molecule has 0 bridgehead atoms. The van der Waals surface area contributed by atoms with Crippen LogP contribution in [0.2, 0.25) is 0 Å². The average molecular weight is 300 g/mol. The van der Waals surface area contributed by atoms with Gasteiger partial charge < -0.3 is 10.1 Å². The zero-order chi connectivity index (χ0) is 14.9. The van der Waals surface area contributed by atoms with E-state index in [1.54, 1.807) is 0 Å². The second-order valence-electron chi connectivity index (χ2n) is 5.87. The molecule has 1 aromatic heterocycles. The van der Waals surface area contributed by atoms with Gasteiger partial charge >= 0.3 is 6.18 Å². The third kappa shape index (κ3) is 3.15. The van der Waals surface area contributed by atoms with Crippen LogP contribution in [0.3, 0.4) is 0 Å². The van der Waals surface area contributed by atoms with Crippen LogP contribution in [0.15, 0.2) is 18.3 Å². The minimum absolute atomic E-state index is 0.131. The summed E-state index contributed by atoms with van der Waals surface area (Å²) in [6.07, 6.45) is 0.733. The van der Waals surface area contributed by atoms with Crippen molar-refractivity contribution in [1.29, 1.82) is 0 Å². The number of nitrogens with zero attached hydrogens (tertiary/aromatic N) is 1. The molecule has 1 N–H and O–H groups in total. The lowest BCUT2D eigenvalue weighted by molar-refractivity contribution is -0.143. The van der Waals surface area contributed by atoms with Crippen LogP contribution in [-0.4, -0.2) is 24.2 Å². The summed E-state index contributed by atoms with van der Waals surface area (Å²) in [6.45, 7) is 1.74. The Morgan fingerprint density at radius 1 is 1.24 bits per heavy atom. The molecule has 3 nitrogen and oxygen atoms in total. The van der Waals surface area contributed by atoms with Gasteiger partial charge in [-0.3, -0.25) is 0 Å². The van der Waals surface area contributed by atoms with Crippen molar-refractivity contribution < 1.29 is 17.9 Å². The first kappa shape index (κ1) is 14.6. The fourth-order valence-corrected chi connectivity index (χ4v) is 3.15. The number of rotatable bonds is 4. The van der Waals surface area contributed by atoms with E-state index >= 15 is 0 Å². The summed E-state index contributed by atoms with van der Waals surface area (Å²) in [5.74, 6) is 0.529. The molecule has 2 fully saturated rings. The number of hydrogen-bond acceptors (Lipinski definition) is 3. The minimum atomic E-state index is -4.48. The normalized spacial score (nSPS) is 24.6. The van der Waals surface area contributed by atoms with E-state index in [0.717, 1.165) is 45.0 Å². The van der Waals surface area contributed by atoms with Gasteiger partial charge in [-0.1, -0.05) is 6.42 Å². The minimum Gasteiger partial charge on any atom is -0.488 e. The third-order valence-electron chi connectivity index (χ3n) is 4.48. The molecule has 1 aromatic rings. The van der Waals surface area contributed by atoms with Crippen LogP contribution in [0, 0.1) is 11.8 Å². The van der Waals surface area contributed by atoms with Crippen molar-refractivity contribution in [2.45, 2.75) is 38.0 Å². The highest BCUT2D eigenvalue weighted by molar-refractivity contribution is 5.29. The van der Waals surface area contributed by atoms with Crippen molar-refractivity contribution in [3.63, 3.8) is 0 Å². The zero-order valence-corrected chi connectivity index (χ0v) is 11.7. The highest BCUT2D eigenvalue weighted by Crippen LogP contribution is 2.40. The van der Waals surface area contributed by atoms with E-state index < -0.39 is 11.9 Å². The van der Waals surface area contributed by atoms with Crippen LogP contribution in [0.25, 0.3) is 0 Å². The van der Waals surface area contributed by atoms with Gasteiger partial charge in [0.15, 0.2) is 11.4 Å². The van der Waals surface area contributed by atoms with Gasteiger partial charge in [0.05, 0.1) is 0 Å². The van der Waals surface area contributed by atoms with E-state index in [1.165, 1.54) is 12.1 Å². The lowest BCUT2D eigenvalue weighted by atomic mass is 9.76. The first-order valence-electron chi connectivity index (χ1n) is 7.45. The molecule has 1 aliphatic heterocycles. The molecular weight excluding hydrogens is 281 g/mol. The summed E-state index contributed by atoms with van der Waals surface area (Å²) < 4.78 is 44.9. The molecule has 3 rings (SSSR count). The van der Waals surface area contributed by atoms with E-state index in [-0.39, 0.29) is 17.8 Å². The molecule has 1 saturated carbocycles. The van der Waals surface area contributed by atoms with Gasteiger partial charge in [-0.15, -0.1) is 0 Å². The van der Waals surface area contributed by atoms with Crippen LogP contribution in [0.4, 0.5) is 13.2 Å². The van der Waals surface area contributed by atoms with Gasteiger partial charge in [-0.2, -0.15) is 13.2 Å². The molecule has 6 heteroatoms. The molecule has 116 valence electrons. The monoisotopic (exact) mass is 300 g/mol. The van der Waals surface area contributed by atoms with E-state index in [1.807, 2.05) is 0 Å². The Kier molecular flexibility index (Phi) is 4.06. The quantitative estimate of drug-likeness (QED) is 0.927. The molecule has 0 aromatic carbocycles. The topological polar surface area (TPSA) is 34.1 Å². The number of hydrogen-bond donors (Lipinski definition) is 1. The van der Waals surface area contributed by atoms with Crippen LogP contribution in [-0.2, 0) is 6.18 Å². The maximum Gasteiger partial charge on any atom is 0.437 e. The summed E-state index contributed by atoms with van der Waals surface area (Å²) >= 11 is 0. The Balaban J connectivity index is 1.82. The molecule has 2 atom stereocenters. The number of aromatic nitrogens is 1. The van der Waals surface area contributed by atoms with Gasteiger partial charge in [-0.25, -0.2) is 4.98 Å². The maximum atomic E-state index is 13.0. The lowest BCUT2D eigenvalue weighted by Gasteiger charge is -2.37. The molecule has 0 radical (unpaired) electrons. The Labute approximate surface area is 121 Å². The second-order valence-corrected chi connectivity index (χ2v) is 5.87. The predicted molar refractivity (Wildman–Crippen MR) is 72.0 cm³/mol. The van der Waals surface area contributed by atoms with Crippen molar-refractivity contribution in [3.05, 3.63) is 24.0 Å². The first-order valence-corrected chi connectivity index (χ1v) is 7.45. The van der Waals surface area contributed by atoms with Crippen molar-refractivity contribution >= 4 is 0 Å². The SMILES string of the molecule is FC(F)(F)c1ncccc1OC(C1CCC1)[C@H]1CCNC1. The highest BCUT2D eigenvalue weighted by Gasteiger charge is 2.40. The summed E-state index contributed by atoms with van der Waals surface area (Å²) in [6, 6.07) is 2.87. The molecule has 1 unspecified atom stereocenters. The summed E-state index contributed by atoms with van der Waals surface area (Å²) in [5, 5.41) is 3.27. The molecule has 0 amide bonds. The standard InChI is InChI=1S/C15H19F3N2O/c16-15(17,18)14-12(5-2-7-20-14)21-13(10-3-1-4-10)11-6-8-19-9-11/h2,5,7,10-11,13,19H,1,3-4,6,8-9H2/t11-,13?/m0/s1.